The van der Waals surface area contributed by atoms with Gasteiger partial charge in [0.2, 0.25) is 5.91 Å². The SMILES string of the molecule is CC(C)(C)C(=O)N1CCCN(c2ccc(C#N)cc2C(F)(F)F)CC1. The summed E-state index contributed by atoms with van der Waals surface area (Å²) in [6.45, 7) is 7.18. The number of alkyl halides is 3. The van der Waals surface area contributed by atoms with E-state index < -0.39 is 17.2 Å². The van der Waals surface area contributed by atoms with Gasteiger partial charge < -0.3 is 9.80 Å². The summed E-state index contributed by atoms with van der Waals surface area (Å²) < 4.78 is 40.1. The Labute approximate surface area is 145 Å². The van der Waals surface area contributed by atoms with Gasteiger partial charge in [-0.2, -0.15) is 18.4 Å². The van der Waals surface area contributed by atoms with E-state index in [1.54, 1.807) is 15.9 Å². The second-order valence-corrected chi connectivity index (χ2v) is 7.22. The molecule has 25 heavy (non-hydrogen) atoms. The first kappa shape index (κ1) is 19.1. The minimum atomic E-state index is -4.53. The molecule has 0 aliphatic carbocycles. The largest absolute Gasteiger partial charge is 0.418 e. The summed E-state index contributed by atoms with van der Waals surface area (Å²) in [7, 11) is 0. The van der Waals surface area contributed by atoms with Gasteiger partial charge in [0.25, 0.3) is 0 Å². The van der Waals surface area contributed by atoms with Gasteiger partial charge in [0, 0.05) is 37.3 Å². The van der Waals surface area contributed by atoms with Crippen LogP contribution in [-0.2, 0) is 11.0 Å². The van der Waals surface area contributed by atoms with Crippen LogP contribution in [0, 0.1) is 16.7 Å². The molecule has 1 aliphatic rings. The number of hydrogen-bond donors (Lipinski definition) is 0. The van der Waals surface area contributed by atoms with Crippen LogP contribution < -0.4 is 4.90 Å². The average Bonchev–Trinajstić information content (AvgIpc) is 2.77. The third-order valence-corrected chi connectivity index (χ3v) is 4.20. The number of rotatable bonds is 1. The van der Waals surface area contributed by atoms with Gasteiger partial charge in [0.15, 0.2) is 0 Å². The number of hydrogen-bond acceptors (Lipinski definition) is 3. The molecule has 0 aromatic heterocycles. The van der Waals surface area contributed by atoms with Crippen LogP contribution in [0.1, 0.15) is 38.3 Å². The van der Waals surface area contributed by atoms with Crippen molar-refractivity contribution in [3.05, 3.63) is 29.3 Å². The number of halogens is 3. The summed E-state index contributed by atoms with van der Waals surface area (Å²) in [5, 5.41) is 8.87. The molecular weight excluding hydrogens is 331 g/mol. The van der Waals surface area contributed by atoms with E-state index in [9.17, 15) is 18.0 Å². The monoisotopic (exact) mass is 353 g/mol. The first-order chi connectivity index (χ1) is 11.5. The van der Waals surface area contributed by atoms with Gasteiger partial charge in [0.1, 0.15) is 0 Å². The number of carbonyl (C=O) groups excluding carboxylic acids is 1. The molecule has 7 heteroatoms. The molecule has 1 fully saturated rings. The van der Waals surface area contributed by atoms with E-state index in [0.29, 0.717) is 32.6 Å². The van der Waals surface area contributed by atoms with Crippen molar-refractivity contribution in [3.63, 3.8) is 0 Å². The van der Waals surface area contributed by atoms with E-state index in [0.717, 1.165) is 6.07 Å². The second-order valence-electron chi connectivity index (χ2n) is 7.22. The zero-order chi connectivity index (χ0) is 18.8. The standard InChI is InChI=1S/C18H22F3N3O/c1-17(2,3)16(25)24-8-4-7-23(9-10-24)15-6-5-13(12-22)11-14(15)18(19,20)21/h5-6,11H,4,7-10H2,1-3H3. The summed E-state index contributed by atoms with van der Waals surface area (Å²) in [6, 6.07) is 5.38. The minimum Gasteiger partial charge on any atom is -0.369 e. The van der Waals surface area contributed by atoms with Crippen molar-refractivity contribution in [2.45, 2.75) is 33.4 Å². The van der Waals surface area contributed by atoms with Gasteiger partial charge in [-0.3, -0.25) is 4.79 Å². The normalized spacial score (nSPS) is 16.4. The van der Waals surface area contributed by atoms with E-state index in [1.807, 2.05) is 20.8 Å². The molecule has 0 saturated carbocycles. The maximum absolute atomic E-state index is 13.4. The van der Waals surface area contributed by atoms with Gasteiger partial charge in [-0.25, -0.2) is 0 Å². The Morgan fingerprint density at radius 3 is 2.36 bits per heavy atom. The lowest BCUT2D eigenvalue weighted by molar-refractivity contribution is -0.139. The summed E-state index contributed by atoms with van der Waals surface area (Å²) in [5.74, 6) is 0.00484. The van der Waals surface area contributed by atoms with Crippen molar-refractivity contribution in [2.24, 2.45) is 5.41 Å². The van der Waals surface area contributed by atoms with Crippen LogP contribution in [0.15, 0.2) is 18.2 Å². The summed E-state index contributed by atoms with van der Waals surface area (Å²) in [5.41, 5.74) is -1.27. The predicted molar refractivity (Wildman–Crippen MR) is 89.0 cm³/mol. The van der Waals surface area contributed by atoms with Crippen LogP contribution in [0.2, 0.25) is 0 Å². The molecule has 0 radical (unpaired) electrons. The molecule has 0 unspecified atom stereocenters. The Balaban J connectivity index is 2.26. The quantitative estimate of drug-likeness (QED) is 0.774. The molecule has 0 bridgehead atoms. The lowest BCUT2D eigenvalue weighted by atomic mass is 9.94. The highest BCUT2D eigenvalue weighted by Crippen LogP contribution is 2.37. The second kappa shape index (κ2) is 6.95. The smallest absolute Gasteiger partial charge is 0.369 e. The zero-order valence-electron chi connectivity index (χ0n) is 14.7. The molecule has 1 amide bonds. The third-order valence-electron chi connectivity index (χ3n) is 4.20. The highest BCUT2D eigenvalue weighted by atomic mass is 19.4. The fraction of sp³-hybridized carbons (Fsp3) is 0.556. The van der Waals surface area contributed by atoms with E-state index in [4.69, 9.17) is 5.26 Å². The van der Waals surface area contributed by atoms with Crippen molar-refractivity contribution in [2.75, 3.05) is 31.1 Å². The Kier molecular flexibility index (Phi) is 5.31. The molecule has 0 spiro atoms. The van der Waals surface area contributed by atoms with Crippen LogP contribution in [-0.4, -0.2) is 37.0 Å². The highest BCUT2D eigenvalue weighted by Gasteiger charge is 2.36. The predicted octanol–water partition coefficient (Wildman–Crippen LogP) is 3.66. The van der Waals surface area contributed by atoms with Crippen LogP contribution in [0.4, 0.5) is 18.9 Å². The van der Waals surface area contributed by atoms with Crippen molar-refractivity contribution in [1.29, 1.82) is 5.26 Å². The molecule has 1 heterocycles. The van der Waals surface area contributed by atoms with Crippen molar-refractivity contribution >= 4 is 11.6 Å². The molecule has 1 aromatic carbocycles. The lowest BCUT2D eigenvalue weighted by Gasteiger charge is -2.29. The first-order valence-corrected chi connectivity index (χ1v) is 8.19. The fourth-order valence-electron chi connectivity index (χ4n) is 2.94. The molecule has 1 saturated heterocycles. The maximum Gasteiger partial charge on any atom is 0.418 e. The number of anilines is 1. The molecule has 1 aromatic rings. The number of carbonyl (C=O) groups is 1. The Hall–Kier alpha value is -2.23. The molecule has 2 rings (SSSR count). The maximum atomic E-state index is 13.4. The van der Waals surface area contributed by atoms with Gasteiger partial charge in [-0.05, 0) is 24.6 Å². The van der Waals surface area contributed by atoms with E-state index in [-0.39, 0.29) is 17.2 Å². The van der Waals surface area contributed by atoms with E-state index in [2.05, 4.69) is 0 Å². The number of nitriles is 1. The molecule has 0 N–H and O–H groups in total. The summed E-state index contributed by atoms with van der Waals surface area (Å²) in [6.07, 6.45) is -3.94. The van der Waals surface area contributed by atoms with E-state index >= 15 is 0 Å². The first-order valence-electron chi connectivity index (χ1n) is 8.19. The van der Waals surface area contributed by atoms with Crippen LogP contribution >= 0.6 is 0 Å². The average molecular weight is 353 g/mol. The van der Waals surface area contributed by atoms with Crippen molar-refractivity contribution in [1.82, 2.24) is 4.90 Å². The van der Waals surface area contributed by atoms with Crippen LogP contribution in [0.3, 0.4) is 0 Å². The molecule has 1 aliphatic heterocycles. The summed E-state index contributed by atoms with van der Waals surface area (Å²) in [4.78, 5) is 15.8. The zero-order valence-corrected chi connectivity index (χ0v) is 14.7. The van der Waals surface area contributed by atoms with Gasteiger partial charge >= 0.3 is 6.18 Å². The van der Waals surface area contributed by atoms with Crippen molar-refractivity contribution < 1.29 is 18.0 Å². The van der Waals surface area contributed by atoms with Crippen molar-refractivity contribution in [3.8, 4) is 6.07 Å². The highest BCUT2D eigenvalue weighted by molar-refractivity contribution is 5.81. The Morgan fingerprint density at radius 2 is 1.80 bits per heavy atom. The number of benzene rings is 1. The fourth-order valence-corrected chi connectivity index (χ4v) is 2.94. The Bertz CT molecular complexity index is 686. The van der Waals surface area contributed by atoms with E-state index in [1.165, 1.54) is 12.1 Å². The Morgan fingerprint density at radius 1 is 1.12 bits per heavy atom. The van der Waals surface area contributed by atoms with Gasteiger partial charge in [0.05, 0.1) is 17.2 Å². The van der Waals surface area contributed by atoms with Gasteiger partial charge in [-0.15, -0.1) is 0 Å². The third kappa shape index (κ3) is 4.44. The van der Waals surface area contributed by atoms with Crippen LogP contribution in [0.5, 0.6) is 0 Å². The minimum absolute atomic E-state index is 0.00484. The molecule has 136 valence electrons. The topological polar surface area (TPSA) is 47.3 Å². The van der Waals surface area contributed by atoms with Gasteiger partial charge in [-0.1, -0.05) is 20.8 Å². The molecular formula is C18H22F3N3O. The lowest BCUT2D eigenvalue weighted by Crippen LogP contribution is -2.41. The molecule has 0 atom stereocenters. The van der Waals surface area contributed by atoms with Crippen LogP contribution in [0.25, 0.3) is 0 Å². The number of amides is 1. The molecule has 4 nitrogen and oxygen atoms in total. The number of nitrogens with zero attached hydrogens (tertiary/aromatic N) is 3. The summed E-state index contributed by atoms with van der Waals surface area (Å²) >= 11 is 0.